The van der Waals surface area contributed by atoms with Crippen molar-refractivity contribution in [3.05, 3.63) is 0 Å². The van der Waals surface area contributed by atoms with E-state index in [4.69, 9.17) is 0 Å². The van der Waals surface area contributed by atoms with Crippen LogP contribution in [-0.4, -0.2) is 37.0 Å². The van der Waals surface area contributed by atoms with E-state index >= 15 is 0 Å². The highest BCUT2D eigenvalue weighted by atomic mass is 16.5. The topological polar surface area (TPSA) is 46.6 Å². The van der Waals surface area contributed by atoms with Crippen molar-refractivity contribution < 1.29 is 14.3 Å². The number of carbonyl (C=O) groups is 2. The van der Waals surface area contributed by atoms with E-state index in [-0.39, 0.29) is 24.3 Å². The number of ether oxygens (including phenoxy) is 1. The SMILES string of the molecule is CCCCC1CCC(C(=O)N(CC)CC(=O)OC)CC1. The van der Waals surface area contributed by atoms with E-state index in [0.29, 0.717) is 6.54 Å². The first-order valence-corrected chi connectivity index (χ1v) is 7.97. The van der Waals surface area contributed by atoms with Gasteiger partial charge in [-0.3, -0.25) is 9.59 Å². The molecule has 0 bridgehead atoms. The number of amides is 1. The fourth-order valence-electron chi connectivity index (χ4n) is 3.02. The molecule has 0 aromatic carbocycles. The van der Waals surface area contributed by atoms with Crippen LogP contribution in [0.3, 0.4) is 0 Å². The minimum Gasteiger partial charge on any atom is -0.468 e. The minimum absolute atomic E-state index is 0.0849. The zero-order valence-corrected chi connectivity index (χ0v) is 13.2. The number of hydrogen-bond acceptors (Lipinski definition) is 3. The van der Waals surface area contributed by atoms with Crippen molar-refractivity contribution in [1.82, 2.24) is 4.90 Å². The molecule has 1 fully saturated rings. The summed E-state index contributed by atoms with van der Waals surface area (Å²) >= 11 is 0. The van der Waals surface area contributed by atoms with Gasteiger partial charge in [-0.1, -0.05) is 26.2 Å². The van der Waals surface area contributed by atoms with Crippen LogP contribution >= 0.6 is 0 Å². The third-order valence-corrected chi connectivity index (χ3v) is 4.40. The van der Waals surface area contributed by atoms with Crippen molar-refractivity contribution in [2.45, 2.75) is 58.8 Å². The second-order valence-corrected chi connectivity index (χ2v) is 5.79. The summed E-state index contributed by atoms with van der Waals surface area (Å²) in [6.07, 6.45) is 8.12. The first-order chi connectivity index (χ1) is 9.62. The van der Waals surface area contributed by atoms with E-state index in [0.717, 1.165) is 31.6 Å². The Labute approximate surface area is 122 Å². The van der Waals surface area contributed by atoms with Gasteiger partial charge < -0.3 is 9.64 Å². The molecule has 0 aromatic rings. The zero-order valence-electron chi connectivity index (χ0n) is 13.2. The van der Waals surface area contributed by atoms with Gasteiger partial charge in [0.1, 0.15) is 6.54 Å². The van der Waals surface area contributed by atoms with Crippen molar-refractivity contribution in [3.63, 3.8) is 0 Å². The summed E-state index contributed by atoms with van der Waals surface area (Å²) in [4.78, 5) is 25.4. The van der Waals surface area contributed by atoms with Crippen LogP contribution < -0.4 is 0 Å². The number of nitrogens with zero attached hydrogens (tertiary/aromatic N) is 1. The Morgan fingerprint density at radius 2 is 1.80 bits per heavy atom. The van der Waals surface area contributed by atoms with Crippen LogP contribution in [0.2, 0.25) is 0 Å². The van der Waals surface area contributed by atoms with Crippen molar-refractivity contribution in [1.29, 1.82) is 0 Å². The molecule has 1 aliphatic carbocycles. The van der Waals surface area contributed by atoms with Gasteiger partial charge in [-0.25, -0.2) is 0 Å². The largest absolute Gasteiger partial charge is 0.468 e. The van der Waals surface area contributed by atoms with Gasteiger partial charge in [-0.05, 0) is 38.5 Å². The normalized spacial score (nSPS) is 22.4. The second-order valence-electron chi connectivity index (χ2n) is 5.79. The molecule has 0 unspecified atom stereocenters. The number of likely N-dealkylation sites (N-methyl/N-ethyl adjacent to an activating group) is 1. The number of unbranched alkanes of at least 4 members (excludes halogenated alkanes) is 1. The molecule has 0 radical (unpaired) electrons. The van der Waals surface area contributed by atoms with Gasteiger partial charge in [0, 0.05) is 12.5 Å². The molecule has 0 N–H and O–H groups in total. The highest BCUT2D eigenvalue weighted by Gasteiger charge is 2.29. The average molecular weight is 283 g/mol. The Morgan fingerprint density at radius 1 is 1.15 bits per heavy atom. The first-order valence-electron chi connectivity index (χ1n) is 7.97. The van der Waals surface area contributed by atoms with Gasteiger partial charge in [-0.2, -0.15) is 0 Å². The van der Waals surface area contributed by atoms with Crippen molar-refractivity contribution >= 4 is 11.9 Å². The molecule has 20 heavy (non-hydrogen) atoms. The standard InChI is InChI=1S/C16H29NO3/c1-4-6-7-13-8-10-14(11-9-13)16(19)17(5-2)12-15(18)20-3/h13-14H,4-12H2,1-3H3. The highest BCUT2D eigenvalue weighted by Crippen LogP contribution is 2.32. The Kier molecular flexibility index (Phi) is 7.63. The van der Waals surface area contributed by atoms with E-state index in [1.165, 1.54) is 26.4 Å². The van der Waals surface area contributed by atoms with E-state index in [1.807, 2.05) is 6.92 Å². The first kappa shape index (κ1) is 17.0. The summed E-state index contributed by atoms with van der Waals surface area (Å²) < 4.78 is 4.65. The van der Waals surface area contributed by atoms with Crippen LogP contribution in [0.15, 0.2) is 0 Å². The van der Waals surface area contributed by atoms with E-state index < -0.39 is 0 Å². The maximum Gasteiger partial charge on any atom is 0.325 e. The molecular weight excluding hydrogens is 254 g/mol. The van der Waals surface area contributed by atoms with Crippen molar-refractivity contribution in [3.8, 4) is 0 Å². The van der Waals surface area contributed by atoms with Gasteiger partial charge in [-0.15, -0.1) is 0 Å². The predicted octanol–water partition coefficient (Wildman–Crippen LogP) is 3.00. The second kappa shape index (κ2) is 8.98. The molecule has 1 aliphatic rings. The summed E-state index contributed by atoms with van der Waals surface area (Å²) in [7, 11) is 1.36. The van der Waals surface area contributed by atoms with E-state index in [1.54, 1.807) is 4.90 Å². The lowest BCUT2D eigenvalue weighted by atomic mass is 9.79. The van der Waals surface area contributed by atoms with Crippen LogP contribution in [-0.2, 0) is 14.3 Å². The fraction of sp³-hybridized carbons (Fsp3) is 0.875. The number of hydrogen-bond donors (Lipinski definition) is 0. The van der Waals surface area contributed by atoms with Gasteiger partial charge in [0.15, 0.2) is 0 Å². The Morgan fingerprint density at radius 3 is 2.30 bits per heavy atom. The maximum absolute atomic E-state index is 12.4. The average Bonchev–Trinajstić information content (AvgIpc) is 2.50. The molecule has 0 spiro atoms. The van der Waals surface area contributed by atoms with Crippen LogP contribution in [0.5, 0.6) is 0 Å². The Bertz CT molecular complexity index is 309. The summed E-state index contributed by atoms with van der Waals surface area (Å²) in [5, 5.41) is 0. The minimum atomic E-state index is -0.336. The highest BCUT2D eigenvalue weighted by molar-refractivity contribution is 5.83. The molecular formula is C16H29NO3. The van der Waals surface area contributed by atoms with Crippen LogP contribution in [0.1, 0.15) is 58.8 Å². The van der Waals surface area contributed by atoms with Gasteiger partial charge >= 0.3 is 5.97 Å². The third-order valence-electron chi connectivity index (χ3n) is 4.40. The quantitative estimate of drug-likeness (QED) is 0.675. The molecule has 1 amide bonds. The maximum atomic E-state index is 12.4. The van der Waals surface area contributed by atoms with E-state index in [9.17, 15) is 9.59 Å². The lowest BCUT2D eigenvalue weighted by Gasteiger charge is -2.31. The lowest BCUT2D eigenvalue weighted by Crippen LogP contribution is -2.41. The summed E-state index contributed by atoms with van der Waals surface area (Å²) in [6, 6.07) is 0. The molecule has 0 heterocycles. The molecule has 116 valence electrons. The summed E-state index contributed by atoms with van der Waals surface area (Å²) in [6.45, 7) is 4.79. The molecule has 1 rings (SSSR count). The number of carbonyl (C=O) groups excluding carboxylic acids is 2. The Hall–Kier alpha value is -1.06. The molecule has 4 nitrogen and oxygen atoms in total. The third kappa shape index (κ3) is 5.14. The van der Waals surface area contributed by atoms with E-state index in [2.05, 4.69) is 11.7 Å². The van der Waals surface area contributed by atoms with Crippen molar-refractivity contribution in [2.75, 3.05) is 20.2 Å². The van der Waals surface area contributed by atoms with Crippen molar-refractivity contribution in [2.24, 2.45) is 11.8 Å². The molecule has 0 aromatic heterocycles. The molecule has 4 heteroatoms. The number of esters is 1. The Balaban J connectivity index is 2.42. The number of rotatable bonds is 7. The zero-order chi connectivity index (χ0) is 15.0. The van der Waals surface area contributed by atoms with Crippen LogP contribution in [0.25, 0.3) is 0 Å². The molecule has 0 aliphatic heterocycles. The fourth-order valence-corrected chi connectivity index (χ4v) is 3.02. The van der Waals surface area contributed by atoms with Gasteiger partial charge in [0.05, 0.1) is 7.11 Å². The smallest absolute Gasteiger partial charge is 0.325 e. The van der Waals surface area contributed by atoms with Crippen LogP contribution in [0.4, 0.5) is 0 Å². The summed E-state index contributed by atoms with van der Waals surface area (Å²) in [5.41, 5.74) is 0. The summed E-state index contributed by atoms with van der Waals surface area (Å²) in [5.74, 6) is 0.704. The van der Waals surface area contributed by atoms with Crippen LogP contribution in [0, 0.1) is 11.8 Å². The number of methoxy groups -OCH3 is 1. The van der Waals surface area contributed by atoms with Gasteiger partial charge in [0.2, 0.25) is 5.91 Å². The molecule has 1 saturated carbocycles. The predicted molar refractivity (Wildman–Crippen MR) is 79.2 cm³/mol. The molecule has 0 saturated heterocycles. The van der Waals surface area contributed by atoms with Gasteiger partial charge in [0.25, 0.3) is 0 Å². The molecule has 0 atom stereocenters. The monoisotopic (exact) mass is 283 g/mol. The lowest BCUT2D eigenvalue weighted by molar-refractivity contribution is -0.148.